The van der Waals surface area contributed by atoms with E-state index in [1.54, 1.807) is 0 Å². The third-order valence-corrected chi connectivity index (χ3v) is 6.99. The van der Waals surface area contributed by atoms with E-state index in [1.807, 2.05) is 0 Å². The summed E-state index contributed by atoms with van der Waals surface area (Å²) in [6, 6.07) is 4.54. The maximum Gasteiger partial charge on any atom is 0.399 e. The Morgan fingerprint density at radius 2 is 1.60 bits per heavy atom. The number of benzene rings is 2. The average molecular weight is 581 g/mol. The van der Waals surface area contributed by atoms with Crippen LogP contribution in [-0.2, 0) is 0 Å². The summed E-state index contributed by atoms with van der Waals surface area (Å²) in [6.45, 7) is 0. The Balaban J connectivity index is 1.82. The van der Waals surface area contributed by atoms with E-state index in [4.69, 9.17) is 46.4 Å². The molecule has 2 aromatic rings. The van der Waals surface area contributed by atoms with Crippen molar-refractivity contribution in [3.8, 4) is 0 Å². The summed E-state index contributed by atoms with van der Waals surface area (Å²) in [5.74, 6) is -6.44. The number of hydrogen-bond donors (Lipinski definition) is 1. The molecule has 1 N–H and O–H groups in total. The van der Waals surface area contributed by atoms with Gasteiger partial charge in [0.05, 0.1) is 25.8 Å². The normalized spacial score (nSPS) is 18.0. The number of hydrogen-bond acceptors (Lipinski definition) is 3. The van der Waals surface area contributed by atoms with Crippen LogP contribution < -0.4 is 10.6 Å². The van der Waals surface area contributed by atoms with Crippen LogP contribution >= 0.6 is 46.4 Å². The number of rotatable bonds is 6. The minimum Gasteiger partial charge on any atom is -0.743 e. The SMILES string of the molecule is [O-]N(NC1CCC(F)(F)CC1)c1ccc(/C(F)=C/C(c2cc(Cl)c(Cl)c(Cl)c2)C(F)(F)F)cc1Cl. The molecule has 0 heterocycles. The summed E-state index contributed by atoms with van der Waals surface area (Å²) >= 11 is 23.5. The molecule has 1 aliphatic carbocycles. The lowest BCUT2D eigenvalue weighted by Gasteiger charge is -2.38. The Morgan fingerprint density at radius 3 is 2.11 bits per heavy atom. The number of halogens is 10. The van der Waals surface area contributed by atoms with Crippen LogP contribution in [0, 0.1) is 5.21 Å². The quantitative estimate of drug-likeness (QED) is 0.210. The predicted octanol–water partition coefficient (Wildman–Crippen LogP) is 9.34. The van der Waals surface area contributed by atoms with Crippen LogP contribution in [-0.4, -0.2) is 18.1 Å². The molecule has 2 aromatic carbocycles. The van der Waals surface area contributed by atoms with Gasteiger partial charge in [-0.1, -0.05) is 46.4 Å². The fraction of sp³-hybridized carbons (Fsp3) is 0.364. The second-order valence-corrected chi connectivity index (χ2v) is 9.65. The van der Waals surface area contributed by atoms with Crippen LogP contribution in [0.15, 0.2) is 36.4 Å². The highest BCUT2D eigenvalue weighted by molar-refractivity contribution is 6.48. The molecule has 0 aliphatic heterocycles. The van der Waals surface area contributed by atoms with Crippen molar-refractivity contribution in [1.29, 1.82) is 0 Å². The number of nitrogens with zero attached hydrogens (tertiary/aromatic N) is 1. The molecule has 0 radical (unpaired) electrons. The third-order valence-electron chi connectivity index (χ3n) is 5.49. The van der Waals surface area contributed by atoms with Gasteiger partial charge < -0.3 is 10.4 Å². The van der Waals surface area contributed by atoms with Crippen LogP contribution in [0.2, 0.25) is 20.1 Å². The molecule has 3 rings (SSSR count). The first-order valence-electron chi connectivity index (χ1n) is 10.2. The highest BCUT2D eigenvalue weighted by atomic mass is 35.5. The Hall–Kier alpha value is -1.36. The number of allylic oxidation sites excluding steroid dienone is 1. The zero-order valence-electron chi connectivity index (χ0n) is 17.6. The van der Waals surface area contributed by atoms with E-state index in [0.717, 1.165) is 30.3 Å². The first-order valence-corrected chi connectivity index (χ1v) is 11.7. The molecule has 192 valence electrons. The van der Waals surface area contributed by atoms with Crippen molar-refractivity contribution < 1.29 is 26.3 Å². The fourth-order valence-electron chi connectivity index (χ4n) is 3.60. The first kappa shape index (κ1) is 28.2. The zero-order chi connectivity index (χ0) is 26.1. The summed E-state index contributed by atoms with van der Waals surface area (Å²) in [5, 5.41) is 11.8. The van der Waals surface area contributed by atoms with Gasteiger partial charge in [-0.15, -0.1) is 0 Å². The van der Waals surface area contributed by atoms with E-state index < -0.39 is 35.4 Å². The Bertz CT molecular complexity index is 1080. The van der Waals surface area contributed by atoms with E-state index >= 15 is 0 Å². The Morgan fingerprint density at radius 1 is 1.03 bits per heavy atom. The highest BCUT2D eigenvalue weighted by Crippen LogP contribution is 2.42. The van der Waals surface area contributed by atoms with Gasteiger partial charge in [-0.2, -0.15) is 13.2 Å². The van der Waals surface area contributed by atoms with E-state index in [2.05, 4.69) is 5.43 Å². The van der Waals surface area contributed by atoms with Crippen molar-refractivity contribution >= 4 is 57.9 Å². The highest BCUT2D eigenvalue weighted by Gasteiger charge is 2.40. The number of nitrogens with one attached hydrogen (secondary N) is 1. The van der Waals surface area contributed by atoms with Crippen molar-refractivity contribution in [3.05, 3.63) is 72.8 Å². The van der Waals surface area contributed by atoms with E-state index in [0.29, 0.717) is 6.08 Å². The number of hydrazine groups is 1. The van der Waals surface area contributed by atoms with Gasteiger partial charge in [0.2, 0.25) is 5.92 Å². The monoisotopic (exact) mass is 579 g/mol. The average Bonchev–Trinajstić information content (AvgIpc) is 2.75. The largest absolute Gasteiger partial charge is 0.743 e. The number of alkyl halides is 5. The van der Waals surface area contributed by atoms with Crippen molar-refractivity contribution in [3.63, 3.8) is 0 Å². The molecule has 0 bridgehead atoms. The lowest BCUT2D eigenvalue weighted by Crippen LogP contribution is -2.45. The molecule has 13 heteroatoms. The fourth-order valence-corrected chi connectivity index (χ4v) is 4.47. The van der Waals surface area contributed by atoms with Crippen molar-refractivity contribution in [2.75, 3.05) is 5.17 Å². The molecular formula is C22H17Cl4F6N2O-. The second kappa shape index (κ2) is 10.9. The van der Waals surface area contributed by atoms with Crippen molar-refractivity contribution in [2.24, 2.45) is 0 Å². The van der Waals surface area contributed by atoms with Crippen LogP contribution in [0.5, 0.6) is 0 Å². The summed E-state index contributed by atoms with van der Waals surface area (Å²) in [7, 11) is 0. The van der Waals surface area contributed by atoms with Gasteiger partial charge in [0.15, 0.2) is 0 Å². The van der Waals surface area contributed by atoms with Crippen molar-refractivity contribution in [2.45, 2.75) is 49.7 Å². The lowest BCUT2D eigenvalue weighted by atomic mass is 9.93. The molecule has 3 nitrogen and oxygen atoms in total. The summed E-state index contributed by atoms with van der Waals surface area (Å²) < 4.78 is 82.6. The standard InChI is InChI=1S/C22H17Cl4F6N2O/c23-15-7-11(1-2-19(15)34(35)33-13-3-5-21(28,29)6-4-13)18(27)10-14(22(30,31)32)12-8-16(24)20(26)17(25)9-12/h1-2,7-10,13-14,33H,3-6H2/q-1/b18-10-. The Labute approximate surface area is 217 Å². The molecule has 1 fully saturated rings. The van der Waals surface area contributed by atoms with E-state index in [-0.39, 0.29) is 62.2 Å². The molecule has 1 unspecified atom stereocenters. The van der Waals surface area contributed by atoms with Crippen LogP contribution in [0.25, 0.3) is 5.83 Å². The van der Waals surface area contributed by atoms with E-state index in [1.165, 1.54) is 0 Å². The third kappa shape index (κ3) is 7.11. The second-order valence-electron chi connectivity index (χ2n) is 8.05. The smallest absolute Gasteiger partial charge is 0.399 e. The molecule has 1 saturated carbocycles. The zero-order valence-corrected chi connectivity index (χ0v) is 20.6. The van der Waals surface area contributed by atoms with Gasteiger partial charge in [-0.3, -0.25) is 0 Å². The maximum atomic E-state index is 14.9. The van der Waals surface area contributed by atoms with E-state index in [9.17, 15) is 31.5 Å². The molecular weight excluding hydrogens is 564 g/mol. The molecule has 0 aromatic heterocycles. The molecule has 0 amide bonds. The van der Waals surface area contributed by atoms with Crippen LogP contribution in [0.3, 0.4) is 0 Å². The Kier molecular flexibility index (Phi) is 8.82. The van der Waals surface area contributed by atoms with Gasteiger partial charge >= 0.3 is 6.18 Å². The number of anilines is 1. The van der Waals surface area contributed by atoms with Crippen molar-refractivity contribution in [1.82, 2.24) is 5.43 Å². The summed E-state index contributed by atoms with van der Waals surface area (Å²) in [6.07, 6.45) is -5.17. The summed E-state index contributed by atoms with van der Waals surface area (Å²) in [5.41, 5.74) is 1.63. The first-order chi connectivity index (χ1) is 16.2. The maximum absolute atomic E-state index is 14.9. The van der Waals surface area contributed by atoms with Gasteiger partial charge in [-0.25, -0.2) is 18.6 Å². The summed E-state index contributed by atoms with van der Waals surface area (Å²) in [4.78, 5) is 0. The molecule has 35 heavy (non-hydrogen) atoms. The predicted molar refractivity (Wildman–Crippen MR) is 127 cm³/mol. The topological polar surface area (TPSA) is 38.3 Å². The minimum atomic E-state index is -4.89. The van der Waals surface area contributed by atoms with Crippen LogP contribution in [0.4, 0.5) is 32.0 Å². The van der Waals surface area contributed by atoms with Crippen LogP contribution in [0.1, 0.15) is 42.7 Å². The lowest BCUT2D eigenvalue weighted by molar-refractivity contribution is -0.139. The van der Waals surface area contributed by atoms with Gasteiger partial charge in [0.25, 0.3) is 0 Å². The molecule has 1 atom stereocenters. The molecule has 0 spiro atoms. The molecule has 1 aliphatic rings. The molecule has 0 saturated heterocycles. The minimum absolute atomic E-state index is 0.0658. The van der Waals surface area contributed by atoms with Gasteiger partial charge in [0, 0.05) is 24.4 Å². The van der Waals surface area contributed by atoms with Gasteiger partial charge in [-0.05, 0) is 54.8 Å². The van der Waals surface area contributed by atoms with Gasteiger partial charge in [0.1, 0.15) is 11.7 Å².